The van der Waals surface area contributed by atoms with Crippen LogP contribution < -0.4 is 0 Å². The average Bonchev–Trinajstić information content (AvgIpc) is 3.05. The van der Waals surface area contributed by atoms with Gasteiger partial charge in [0, 0.05) is 24.9 Å². The van der Waals surface area contributed by atoms with Crippen LogP contribution in [0.4, 0.5) is 0 Å². The molecule has 3 heterocycles. The van der Waals surface area contributed by atoms with Crippen LogP contribution in [0, 0.1) is 0 Å². The summed E-state index contributed by atoms with van der Waals surface area (Å²) < 4.78 is 5.00. The van der Waals surface area contributed by atoms with Gasteiger partial charge in [0.2, 0.25) is 0 Å². The van der Waals surface area contributed by atoms with Crippen LogP contribution >= 0.6 is 0 Å². The van der Waals surface area contributed by atoms with Crippen molar-refractivity contribution in [2.45, 2.75) is 37.5 Å². The highest BCUT2D eigenvalue weighted by Gasteiger charge is 2.31. The summed E-state index contributed by atoms with van der Waals surface area (Å²) in [6.07, 6.45) is 7.49. The molecule has 21 heavy (non-hydrogen) atoms. The number of piperidine rings is 1. The first-order valence-corrected chi connectivity index (χ1v) is 7.55. The molecule has 4 rings (SSSR count). The molecule has 2 aromatic rings. The van der Waals surface area contributed by atoms with Crippen LogP contribution in [0.25, 0.3) is 0 Å². The van der Waals surface area contributed by atoms with E-state index in [1.807, 2.05) is 4.90 Å². The van der Waals surface area contributed by atoms with Gasteiger partial charge < -0.3 is 9.32 Å². The molecule has 2 fully saturated rings. The summed E-state index contributed by atoms with van der Waals surface area (Å²) in [5, 5.41) is 7.42. The number of nitrogens with one attached hydrogen (secondary N) is 1. The van der Waals surface area contributed by atoms with Crippen LogP contribution in [0.15, 0.2) is 23.0 Å². The number of nitrogens with zero attached hydrogens (tertiary/aromatic N) is 3. The van der Waals surface area contributed by atoms with Crippen molar-refractivity contribution in [1.82, 2.24) is 20.1 Å². The second kappa shape index (κ2) is 5.02. The zero-order valence-electron chi connectivity index (χ0n) is 11.8. The highest BCUT2D eigenvalue weighted by molar-refractivity contribution is 5.93. The van der Waals surface area contributed by atoms with Crippen LogP contribution in [0.1, 0.15) is 59.5 Å². The maximum Gasteiger partial charge on any atom is 0.257 e. The van der Waals surface area contributed by atoms with Gasteiger partial charge >= 0.3 is 0 Å². The lowest BCUT2D eigenvalue weighted by molar-refractivity contribution is 0.0704. The normalized spacial score (nSPS) is 22.5. The molecule has 0 aromatic carbocycles. The first kappa shape index (κ1) is 12.6. The van der Waals surface area contributed by atoms with Gasteiger partial charge in [0.15, 0.2) is 5.82 Å². The SMILES string of the molecule is O=C(c1ccoc1)N1CCCC(c2n[nH]c(C3CC3)n2)C1. The van der Waals surface area contributed by atoms with E-state index in [1.165, 1.54) is 25.4 Å². The molecule has 0 radical (unpaired) electrons. The molecule has 2 aliphatic rings. The molecule has 1 N–H and O–H groups in total. The van der Waals surface area contributed by atoms with Crippen LogP contribution in [0.2, 0.25) is 0 Å². The van der Waals surface area contributed by atoms with Crippen molar-refractivity contribution in [3.05, 3.63) is 35.8 Å². The van der Waals surface area contributed by atoms with E-state index >= 15 is 0 Å². The second-order valence-electron chi connectivity index (χ2n) is 5.96. The molecule has 6 heteroatoms. The first-order chi connectivity index (χ1) is 10.3. The Morgan fingerprint density at radius 3 is 3.00 bits per heavy atom. The summed E-state index contributed by atoms with van der Waals surface area (Å²) >= 11 is 0. The Morgan fingerprint density at radius 2 is 2.24 bits per heavy atom. The minimum Gasteiger partial charge on any atom is -0.472 e. The standard InChI is InChI=1S/C15H18N4O2/c20-15(12-5-7-21-9-12)19-6-1-2-11(8-19)14-16-13(17-18-14)10-3-4-10/h5,7,9-11H,1-4,6,8H2,(H,16,17,18). The zero-order valence-corrected chi connectivity index (χ0v) is 11.8. The molecule has 1 unspecified atom stereocenters. The van der Waals surface area contributed by atoms with Crippen molar-refractivity contribution < 1.29 is 9.21 Å². The third-order valence-electron chi connectivity index (χ3n) is 4.33. The van der Waals surface area contributed by atoms with Gasteiger partial charge in [0.25, 0.3) is 5.91 Å². The Hall–Kier alpha value is -2.11. The molecule has 0 bridgehead atoms. The number of carbonyl (C=O) groups excluding carboxylic acids is 1. The number of hydrogen-bond donors (Lipinski definition) is 1. The smallest absolute Gasteiger partial charge is 0.257 e. The highest BCUT2D eigenvalue weighted by atomic mass is 16.3. The van der Waals surface area contributed by atoms with Crippen LogP contribution in [0.5, 0.6) is 0 Å². The van der Waals surface area contributed by atoms with Crippen molar-refractivity contribution in [2.75, 3.05) is 13.1 Å². The largest absolute Gasteiger partial charge is 0.472 e. The topological polar surface area (TPSA) is 75.0 Å². The van der Waals surface area contributed by atoms with E-state index in [1.54, 1.807) is 6.07 Å². The van der Waals surface area contributed by atoms with Crippen molar-refractivity contribution in [1.29, 1.82) is 0 Å². The first-order valence-electron chi connectivity index (χ1n) is 7.55. The Bertz CT molecular complexity index is 630. The molecule has 1 aliphatic heterocycles. The molecule has 1 amide bonds. The molecule has 1 saturated carbocycles. The van der Waals surface area contributed by atoms with E-state index in [9.17, 15) is 4.79 Å². The number of furan rings is 1. The fraction of sp³-hybridized carbons (Fsp3) is 0.533. The summed E-state index contributed by atoms with van der Waals surface area (Å²) in [4.78, 5) is 18.9. The van der Waals surface area contributed by atoms with Gasteiger partial charge in [-0.2, -0.15) is 5.10 Å². The molecule has 1 saturated heterocycles. The van der Waals surface area contributed by atoms with E-state index in [0.717, 1.165) is 31.0 Å². The zero-order chi connectivity index (χ0) is 14.2. The van der Waals surface area contributed by atoms with E-state index in [2.05, 4.69) is 15.2 Å². The lowest BCUT2D eigenvalue weighted by Gasteiger charge is -2.31. The van der Waals surface area contributed by atoms with Crippen LogP contribution in [0.3, 0.4) is 0 Å². The molecule has 1 aliphatic carbocycles. The summed E-state index contributed by atoms with van der Waals surface area (Å²) in [6, 6.07) is 1.71. The van der Waals surface area contributed by atoms with Gasteiger partial charge in [0.05, 0.1) is 11.8 Å². The third-order valence-corrected chi connectivity index (χ3v) is 4.33. The van der Waals surface area contributed by atoms with Gasteiger partial charge in [-0.05, 0) is 31.7 Å². The predicted octanol–water partition coefficient (Wildman–Crippen LogP) is 2.29. The summed E-state index contributed by atoms with van der Waals surface area (Å²) in [6.45, 7) is 1.48. The van der Waals surface area contributed by atoms with Crippen molar-refractivity contribution >= 4 is 5.91 Å². The molecular formula is C15H18N4O2. The van der Waals surface area contributed by atoms with Gasteiger partial charge in [-0.3, -0.25) is 9.89 Å². The van der Waals surface area contributed by atoms with Gasteiger partial charge in [0.1, 0.15) is 12.1 Å². The summed E-state index contributed by atoms with van der Waals surface area (Å²) in [5.41, 5.74) is 0.615. The maximum atomic E-state index is 12.4. The fourth-order valence-electron chi connectivity index (χ4n) is 2.95. The third kappa shape index (κ3) is 2.46. The number of hydrogen-bond acceptors (Lipinski definition) is 4. The maximum absolute atomic E-state index is 12.4. The van der Waals surface area contributed by atoms with Crippen LogP contribution in [-0.2, 0) is 0 Å². The highest BCUT2D eigenvalue weighted by Crippen LogP contribution is 2.38. The lowest BCUT2D eigenvalue weighted by atomic mass is 9.97. The monoisotopic (exact) mass is 286 g/mol. The Morgan fingerprint density at radius 1 is 1.33 bits per heavy atom. The summed E-state index contributed by atoms with van der Waals surface area (Å²) in [7, 11) is 0. The number of amides is 1. The van der Waals surface area contributed by atoms with Crippen molar-refractivity contribution in [3.63, 3.8) is 0 Å². The number of carbonyl (C=O) groups is 1. The minimum absolute atomic E-state index is 0.0337. The predicted molar refractivity (Wildman–Crippen MR) is 74.9 cm³/mol. The number of rotatable bonds is 3. The van der Waals surface area contributed by atoms with Gasteiger partial charge in [-0.25, -0.2) is 4.98 Å². The number of aromatic nitrogens is 3. The lowest BCUT2D eigenvalue weighted by Crippen LogP contribution is -2.39. The van der Waals surface area contributed by atoms with E-state index in [4.69, 9.17) is 4.42 Å². The number of H-pyrrole nitrogens is 1. The second-order valence-corrected chi connectivity index (χ2v) is 5.96. The van der Waals surface area contributed by atoms with Gasteiger partial charge in [-0.15, -0.1) is 0 Å². The molecule has 1 atom stereocenters. The Kier molecular flexibility index (Phi) is 3.02. The quantitative estimate of drug-likeness (QED) is 0.939. The Balaban J connectivity index is 1.48. The average molecular weight is 286 g/mol. The van der Waals surface area contributed by atoms with E-state index in [-0.39, 0.29) is 11.8 Å². The van der Waals surface area contributed by atoms with Crippen molar-refractivity contribution in [3.8, 4) is 0 Å². The van der Waals surface area contributed by atoms with E-state index < -0.39 is 0 Å². The molecule has 110 valence electrons. The van der Waals surface area contributed by atoms with Crippen LogP contribution in [-0.4, -0.2) is 39.1 Å². The number of likely N-dealkylation sites (tertiary alicyclic amines) is 1. The minimum atomic E-state index is 0.0337. The Labute approximate surface area is 122 Å². The van der Waals surface area contributed by atoms with Crippen molar-refractivity contribution in [2.24, 2.45) is 0 Å². The van der Waals surface area contributed by atoms with Gasteiger partial charge in [-0.1, -0.05) is 0 Å². The molecule has 6 nitrogen and oxygen atoms in total. The van der Waals surface area contributed by atoms with E-state index in [0.29, 0.717) is 18.0 Å². The fourth-order valence-corrected chi connectivity index (χ4v) is 2.95. The molecule has 2 aromatic heterocycles. The summed E-state index contributed by atoms with van der Waals surface area (Å²) in [5.74, 6) is 2.73. The molecular weight excluding hydrogens is 268 g/mol. The molecule has 0 spiro atoms. The number of aromatic amines is 1.